The molecule has 0 unspecified atom stereocenters. The number of H-pyrrole nitrogens is 1. The number of hydroxylamine groups is 2. The number of anilines is 1. The van der Waals surface area contributed by atoms with Gasteiger partial charge in [0, 0.05) is 54.8 Å². The van der Waals surface area contributed by atoms with Crippen LogP contribution in [0.5, 0.6) is 0 Å². The average Bonchev–Trinajstić information content (AvgIpc) is 3.39. The molecule has 10 nitrogen and oxygen atoms in total. The molecule has 1 saturated heterocycles. The van der Waals surface area contributed by atoms with Gasteiger partial charge in [-0.1, -0.05) is 12.1 Å². The Balaban J connectivity index is 1.61. The number of pyridine rings is 1. The van der Waals surface area contributed by atoms with Crippen molar-refractivity contribution in [2.24, 2.45) is 0 Å². The highest BCUT2D eigenvalue weighted by Gasteiger charge is 2.43. The van der Waals surface area contributed by atoms with E-state index in [0.717, 1.165) is 37.6 Å². The minimum absolute atomic E-state index is 0.0692. The Morgan fingerprint density at radius 2 is 1.87 bits per heavy atom. The van der Waals surface area contributed by atoms with Crippen LogP contribution in [0.4, 0.5) is 19.0 Å². The summed E-state index contributed by atoms with van der Waals surface area (Å²) < 4.78 is 38.1. The summed E-state index contributed by atoms with van der Waals surface area (Å²) in [6.45, 7) is 2.56. The standard InChI is InChI=1S/C26H22F3N7O3/c27-26(28,29)25(38)39-36(10-2-6-30)24(37)19-4-1-3-17(13-19)21-14-18(5-7-33-21)22-15-20(16-31)23(34-22)35-11-8-32-9-12-35/h1,3-5,7,13-15,32,34H,2,8-12H2. The molecule has 1 aliphatic rings. The fraction of sp³-hybridized carbons (Fsp3) is 0.269. The van der Waals surface area contributed by atoms with Crippen LogP contribution in [-0.4, -0.2) is 65.8 Å². The number of piperazine rings is 1. The second-order valence-corrected chi connectivity index (χ2v) is 8.50. The van der Waals surface area contributed by atoms with Gasteiger partial charge in [-0.3, -0.25) is 9.78 Å². The molecule has 1 fully saturated rings. The molecular weight excluding hydrogens is 515 g/mol. The highest BCUT2D eigenvalue weighted by molar-refractivity contribution is 5.95. The normalized spacial score (nSPS) is 13.3. The van der Waals surface area contributed by atoms with Crippen molar-refractivity contribution in [2.75, 3.05) is 37.6 Å². The number of halogens is 3. The number of nitrogens with one attached hydrogen (secondary N) is 2. The van der Waals surface area contributed by atoms with Gasteiger partial charge < -0.3 is 20.0 Å². The maximum absolute atomic E-state index is 12.9. The highest BCUT2D eigenvalue weighted by atomic mass is 19.4. The zero-order valence-electron chi connectivity index (χ0n) is 20.5. The molecular formula is C26H22F3N7O3. The maximum atomic E-state index is 12.9. The molecule has 1 amide bonds. The molecule has 4 rings (SSSR count). The van der Waals surface area contributed by atoms with Crippen molar-refractivity contribution in [3.05, 3.63) is 59.8 Å². The zero-order chi connectivity index (χ0) is 28.0. The molecule has 13 heteroatoms. The lowest BCUT2D eigenvalue weighted by Crippen LogP contribution is -2.44. The van der Waals surface area contributed by atoms with Crippen LogP contribution in [0.1, 0.15) is 22.3 Å². The van der Waals surface area contributed by atoms with Crippen LogP contribution in [0, 0.1) is 22.7 Å². The number of carbonyl (C=O) groups excluding carboxylic acids is 2. The molecule has 1 aliphatic heterocycles. The van der Waals surface area contributed by atoms with Crippen molar-refractivity contribution in [3.63, 3.8) is 0 Å². The molecule has 200 valence electrons. The van der Waals surface area contributed by atoms with Gasteiger partial charge in [0.1, 0.15) is 11.9 Å². The van der Waals surface area contributed by atoms with Gasteiger partial charge in [0.15, 0.2) is 0 Å². The monoisotopic (exact) mass is 537 g/mol. The first-order valence-corrected chi connectivity index (χ1v) is 11.8. The van der Waals surface area contributed by atoms with Gasteiger partial charge in [0.25, 0.3) is 5.91 Å². The number of alkyl halides is 3. The maximum Gasteiger partial charge on any atom is 0.493 e. The predicted molar refractivity (Wildman–Crippen MR) is 133 cm³/mol. The molecule has 0 atom stereocenters. The second kappa shape index (κ2) is 11.7. The summed E-state index contributed by atoms with van der Waals surface area (Å²) in [6, 6.07) is 15.1. The average molecular weight is 538 g/mol. The first kappa shape index (κ1) is 27.2. The number of aromatic amines is 1. The van der Waals surface area contributed by atoms with E-state index in [4.69, 9.17) is 5.26 Å². The Hall–Kier alpha value is -4.88. The number of carbonyl (C=O) groups is 2. The summed E-state index contributed by atoms with van der Waals surface area (Å²) in [4.78, 5) is 38.2. The van der Waals surface area contributed by atoms with Crippen molar-refractivity contribution in [1.82, 2.24) is 20.3 Å². The number of benzene rings is 1. The summed E-state index contributed by atoms with van der Waals surface area (Å²) in [7, 11) is 0. The number of aromatic nitrogens is 2. The number of hydrogen-bond acceptors (Lipinski definition) is 8. The van der Waals surface area contributed by atoms with Crippen molar-refractivity contribution >= 4 is 17.7 Å². The molecule has 1 aromatic carbocycles. The molecule has 3 heterocycles. The van der Waals surface area contributed by atoms with Gasteiger partial charge >= 0.3 is 12.1 Å². The highest BCUT2D eigenvalue weighted by Crippen LogP contribution is 2.30. The van der Waals surface area contributed by atoms with Crippen LogP contribution in [0.2, 0.25) is 0 Å². The lowest BCUT2D eigenvalue weighted by molar-refractivity contribution is -0.228. The minimum atomic E-state index is -5.31. The van der Waals surface area contributed by atoms with E-state index in [-0.39, 0.29) is 17.0 Å². The molecule has 0 saturated carbocycles. The first-order valence-electron chi connectivity index (χ1n) is 11.8. The van der Waals surface area contributed by atoms with Gasteiger partial charge in [-0.2, -0.15) is 28.8 Å². The van der Waals surface area contributed by atoms with E-state index in [1.807, 2.05) is 0 Å². The van der Waals surface area contributed by atoms with E-state index in [9.17, 15) is 28.0 Å². The molecule has 0 aliphatic carbocycles. The molecule has 2 N–H and O–H groups in total. The number of nitrogens with zero attached hydrogens (tertiary/aromatic N) is 5. The van der Waals surface area contributed by atoms with Crippen molar-refractivity contribution < 1.29 is 27.6 Å². The quantitative estimate of drug-likeness (QED) is 0.457. The van der Waals surface area contributed by atoms with Crippen molar-refractivity contribution in [2.45, 2.75) is 12.6 Å². The SMILES string of the molecule is N#CCCN(OC(=O)C(F)(F)F)C(=O)c1cccc(-c2cc(-c3cc(C#N)c(N4CCNCC4)[nH]3)ccn2)c1. The third kappa shape index (κ3) is 6.34. The van der Waals surface area contributed by atoms with Crippen molar-refractivity contribution in [3.8, 4) is 34.7 Å². The van der Waals surface area contributed by atoms with Crippen LogP contribution in [0.25, 0.3) is 22.5 Å². The Morgan fingerprint density at radius 3 is 2.56 bits per heavy atom. The molecule has 2 aromatic heterocycles. The summed E-state index contributed by atoms with van der Waals surface area (Å²) in [5, 5.41) is 21.9. The van der Waals surface area contributed by atoms with Crippen LogP contribution >= 0.6 is 0 Å². The Bertz CT molecular complexity index is 1450. The third-order valence-electron chi connectivity index (χ3n) is 5.90. The summed E-state index contributed by atoms with van der Waals surface area (Å²) in [5.74, 6) is -2.86. The number of nitriles is 2. The lowest BCUT2D eigenvalue weighted by atomic mass is 10.0. The van der Waals surface area contributed by atoms with E-state index in [1.54, 1.807) is 36.5 Å². The van der Waals surface area contributed by atoms with Crippen molar-refractivity contribution in [1.29, 1.82) is 10.5 Å². The van der Waals surface area contributed by atoms with Gasteiger partial charge in [-0.05, 0) is 30.3 Å². The lowest BCUT2D eigenvalue weighted by Gasteiger charge is -2.28. The molecule has 3 aromatic rings. The Morgan fingerprint density at radius 1 is 1.10 bits per heavy atom. The minimum Gasteiger partial charge on any atom is -0.355 e. The predicted octanol–water partition coefficient (Wildman–Crippen LogP) is 3.40. The van der Waals surface area contributed by atoms with E-state index < -0.39 is 24.6 Å². The summed E-state index contributed by atoms with van der Waals surface area (Å²) in [6.07, 6.45) is -4.11. The Labute approximate surface area is 221 Å². The molecule has 39 heavy (non-hydrogen) atoms. The van der Waals surface area contributed by atoms with Crippen LogP contribution in [0.3, 0.4) is 0 Å². The topological polar surface area (TPSA) is 138 Å². The molecule has 0 radical (unpaired) electrons. The van der Waals surface area contributed by atoms with Gasteiger partial charge in [-0.15, -0.1) is 0 Å². The van der Waals surface area contributed by atoms with Gasteiger partial charge in [0.2, 0.25) is 0 Å². The molecule has 0 spiro atoms. The van der Waals surface area contributed by atoms with E-state index in [0.29, 0.717) is 22.5 Å². The van der Waals surface area contributed by atoms with Crippen LogP contribution in [0.15, 0.2) is 48.7 Å². The first-order chi connectivity index (χ1) is 18.7. The van der Waals surface area contributed by atoms with E-state index in [2.05, 4.69) is 31.1 Å². The van der Waals surface area contributed by atoms with Crippen LogP contribution < -0.4 is 10.2 Å². The van der Waals surface area contributed by atoms with Gasteiger partial charge in [-0.25, -0.2) is 4.79 Å². The Kier molecular flexibility index (Phi) is 8.13. The van der Waals surface area contributed by atoms with Crippen LogP contribution in [-0.2, 0) is 9.63 Å². The smallest absolute Gasteiger partial charge is 0.355 e. The van der Waals surface area contributed by atoms with Gasteiger partial charge in [0.05, 0.1) is 30.3 Å². The number of amides is 1. The summed E-state index contributed by atoms with van der Waals surface area (Å²) in [5.41, 5.74) is 2.78. The van der Waals surface area contributed by atoms with E-state index in [1.165, 1.54) is 18.2 Å². The number of rotatable bonds is 6. The largest absolute Gasteiger partial charge is 0.493 e. The third-order valence-corrected chi connectivity index (χ3v) is 5.90. The second-order valence-electron chi connectivity index (χ2n) is 8.50. The fourth-order valence-electron chi connectivity index (χ4n) is 4.03. The van der Waals surface area contributed by atoms with E-state index >= 15 is 0 Å². The fourth-order valence-corrected chi connectivity index (χ4v) is 4.03. The summed E-state index contributed by atoms with van der Waals surface area (Å²) >= 11 is 0. The number of hydrogen-bond donors (Lipinski definition) is 2. The zero-order valence-corrected chi connectivity index (χ0v) is 20.5. The molecule has 0 bridgehead atoms.